The number of aromatic nitrogens is 2. The zero-order valence-electron chi connectivity index (χ0n) is 9.22. The Hall–Kier alpha value is -1.04. The van der Waals surface area contributed by atoms with Gasteiger partial charge in [0.05, 0.1) is 12.3 Å². The lowest BCUT2D eigenvalue weighted by Gasteiger charge is -2.36. The third-order valence-corrected chi connectivity index (χ3v) is 3.01. The standard InChI is InChI=1S/C11H17N3O2/c15-9-11(1-5-16-6-2-11)14-8-10-7-12-3-4-13-10/h3-4,7,14-15H,1-2,5-6,8-9H2. The van der Waals surface area contributed by atoms with Gasteiger partial charge in [-0.1, -0.05) is 0 Å². The molecule has 1 aromatic heterocycles. The second kappa shape index (κ2) is 5.34. The highest BCUT2D eigenvalue weighted by molar-refractivity contribution is 4.97. The molecule has 0 unspecified atom stereocenters. The van der Waals surface area contributed by atoms with Gasteiger partial charge in [0.25, 0.3) is 0 Å². The monoisotopic (exact) mass is 223 g/mol. The van der Waals surface area contributed by atoms with Gasteiger partial charge in [-0.25, -0.2) is 0 Å². The molecule has 0 amide bonds. The second-order valence-corrected chi connectivity index (χ2v) is 4.10. The van der Waals surface area contributed by atoms with E-state index >= 15 is 0 Å². The molecule has 5 heteroatoms. The van der Waals surface area contributed by atoms with Gasteiger partial charge in [-0.05, 0) is 12.8 Å². The van der Waals surface area contributed by atoms with E-state index in [0.29, 0.717) is 19.8 Å². The van der Waals surface area contributed by atoms with Gasteiger partial charge in [0.15, 0.2) is 0 Å². The smallest absolute Gasteiger partial charge is 0.0724 e. The van der Waals surface area contributed by atoms with E-state index in [4.69, 9.17) is 4.74 Å². The molecule has 16 heavy (non-hydrogen) atoms. The van der Waals surface area contributed by atoms with Crippen molar-refractivity contribution in [3.05, 3.63) is 24.3 Å². The Kier molecular flexibility index (Phi) is 3.82. The van der Waals surface area contributed by atoms with Crippen molar-refractivity contribution in [1.82, 2.24) is 15.3 Å². The van der Waals surface area contributed by atoms with Crippen LogP contribution in [0.2, 0.25) is 0 Å². The molecule has 88 valence electrons. The maximum atomic E-state index is 9.47. The summed E-state index contributed by atoms with van der Waals surface area (Å²) in [6.45, 7) is 2.17. The minimum absolute atomic E-state index is 0.136. The molecule has 0 aromatic carbocycles. The SMILES string of the molecule is OCC1(NCc2cnccn2)CCOCC1. The number of nitrogens with zero attached hydrogens (tertiary/aromatic N) is 2. The van der Waals surface area contributed by atoms with Crippen LogP contribution in [0.5, 0.6) is 0 Å². The van der Waals surface area contributed by atoms with Crippen LogP contribution in [0.1, 0.15) is 18.5 Å². The Morgan fingerprint density at radius 2 is 2.19 bits per heavy atom. The van der Waals surface area contributed by atoms with Crippen LogP contribution in [0.4, 0.5) is 0 Å². The maximum Gasteiger partial charge on any atom is 0.0724 e. The first kappa shape index (κ1) is 11.4. The van der Waals surface area contributed by atoms with E-state index < -0.39 is 0 Å². The number of aliphatic hydroxyl groups is 1. The molecule has 5 nitrogen and oxygen atoms in total. The fourth-order valence-corrected chi connectivity index (χ4v) is 1.85. The van der Waals surface area contributed by atoms with Gasteiger partial charge in [-0.3, -0.25) is 9.97 Å². The molecular formula is C11H17N3O2. The fourth-order valence-electron chi connectivity index (χ4n) is 1.85. The minimum Gasteiger partial charge on any atom is -0.394 e. The molecule has 1 aliphatic heterocycles. The van der Waals surface area contributed by atoms with Crippen LogP contribution < -0.4 is 5.32 Å². The molecule has 0 saturated carbocycles. The van der Waals surface area contributed by atoms with Gasteiger partial charge in [0.1, 0.15) is 0 Å². The molecule has 2 heterocycles. The first-order valence-corrected chi connectivity index (χ1v) is 5.53. The fraction of sp³-hybridized carbons (Fsp3) is 0.636. The highest BCUT2D eigenvalue weighted by Gasteiger charge is 2.31. The molecule has 1 aliphatic rings. The molecule has 0 radical (unpaired) electrons. The zero-order valence-corrected chi connectivity index (χ0v) is 9.22. The highest BCUT2D eigenvalue weighted by Crippen LogP contribution is 2.20. The van der Waals surface area contributed by atoms with E-state index in [0.717, 1.165) is 18.5 Å². The Bertz CT molecular complexity index is 312. The molecular weight excluding hydrogens is 206 g/mol. The molecule has 1 saturated heterocycles. The lowest BCUT2D eigenvalue weighted by molar-refractivity contribution is 0.0110. The van der Waals surface area contributed by atoms with Crippen LogP contribution in [0.3, 0.4) is 0 Å². The van der Waals surface area contributed by atoms with Crippen molar-refractivity contribution >= 4 is 0 Å². The minimum atomic E-state index is -0.213. The average molecular weight is 223 g/mol. The molecule has 2 rings (SSSR count). The van der Waals surface area contributed by atoms with Crippen LogP contribution in [-0.4, -0.2) is 40.4 Å². The Labute approximate surface area is 94.9 Å². The number of nitrogens with one attached hydrogen (secondary N) is 1. The van der Waals surface area contributed by atoms with Gasteiger partial charge < -0.3 is 15.2 Å². The van der Waals surface area contributed by atoms with Crippen LogP contribution in [0, 0.1) is 0 Å². The summed E-state index contributed by atoms with van der Waals surface area (Å²) in [5, 5.41) is 12.8. The molecule has 0 bridgehead atoms. The normalized spacial score (nSPS) is 19.6. The number of hydrogen-bond acceptors (Lipinski definition) is 5. The van der Waals surface area contributed by atoms with Crippen LogP contribution in [0.15, 0.2) is 18.6 Å². The second-order valence-electron chi connectivity index (χ2n) is 4.10. The Morgan fingerprint density at radius 3 is 2.81 bits per heavy atom. The summed E-state index contributed by atoms with van der Waals surface area (Å²) in [6, 6.07) is 0. The van der Waals surface area contributed by atoms with Gasteiger partial charge in [-0.15, -0.1) is 0 Å². The number of aliphatic hydroxyl groups excluding tert-OH is 1. The van der Waals surface area contributed by atoms with Crippen molar-refractivity contribution in [3.63, 3.8) is 0 Å². The largest absolute Gasteiger partial charge is 0.394 e. The maximum absolute atomic E-state index is 9.47. The van der Waals surface area contributed by atoms with Gasteiger partial charge in [0.2, 0.25) is 0 Å². The summed E-state index contributed by atoms with van der Waals surface area (Å²) in [6.07, 6.45) is 6.73. The molecule has 2 N–H and O–H groups in total. The molecule has 0 atom stereocenters. The lowest BCUT2D eigenvalue weighted by atomic mass is 9.91. The van der Waals surface area contributed by atoms with Crippen molar-refractivity contribution in [2.24, 2.45) is 0 Å². The van der Waals surface area contributed by atoms with Crippen LogP contribution >= 0.6 is 0 Å². The number of rotatable bonds is 4. The molecule has 1 fully saturated rings. The van der Waals surface area contributed by atoms with Crippen molar-refractivity contribution < 1.29 is 9.84 Å². The zero-order chi connectivity index (χ0) is 11.3. The van der Waals surface area contributed by atoms with Gasteiger partial charge in [0, 0.05) is 43.9 Å². The van der Waals surface area contributed by atoms with Crippen LogP contribution in [-0.2, 0) is 11.3 Å². The summed E-state index contributed by atoms with van der Waals surface area (Å²) in [5.41, 5.74) is 0.678. The van der Waals surface area contributed by atoms with Gasteiger partial charge >= 0.3 is 0 Å². The van der Waals surface area contributed by atoms with Crippen molar-refractivity contribution in [3.8, 4) is 0 Å². The third kappa shape index (κ3) is 2.75. The average Bonchev–Trinajstić information content (AvgIpc) is 2.39. The summed E-state index contributed by atoms with van der Waals surface area (Å²) < 4.78 is 5.30. The van der Waals surface area contributed by atoms with Crippen LogP contribution in [0.25, 0.3) is 0 Å². The topological polar surface area (TPSA) is 67.3 Å². The number of ether oxygens (including phenoxy) is 1. The van der Waals surface area contributed by atoms with Crippen molar-refractivity contribution in [2.45, 2.75) is 24.9 Å². The molecule has 0 spiro atoms. The van der Waals surface area contributed by atoms with E-state index in [1.807, 2.05) is 0 Å². The Morgan fingerprint density at radius 1 is 1.38 bits per heavy atom. The number of hydrogen-bond donors (Lipinski definition) is 2. The Balaban J connectivity index is 1.92. The predicted octanol–water partition coefficient (Wildman–Crippen LogP) is 0.108. The molecule has 1 aromatic rings. The highest BCUT2D eigenvalue weighted by atomic mass is 16.5. The lowest BCUT2D eigenvalue weighted by Crippen LogP contribution is -2.51. The first-order chi connectivity index (χ1) is 7.85. The van der Waals surface area contributed by atoms with Gasteiger partial charge in [-0.2, -0.15) is 0 Å². The summed E-state index contributed by atoms with van der Waals surface area (Å²) in [4.78, 5) is 8.20. The van der Waals surface area contributed by atoms with E-state index in [1.165, 1.54) is 0 Å². The summed E-state index contributed by atoms with van der Waals surface area (Å²) >= 11 is 0. The summed E-state index contributed by atoms with van der Waals surface area (Å²) in [5.74, 6) is 0. The van der Waals surface area contributed by atoms with E-state index in [1.54, 1.807) is 18.6 Å². The first-order valence-electron chi connectivity index (χ1n) is 5.53. The van der Waals surface area contributed by atoms with Crippen molar-refractivity contribution in [1.29, 1.82) is 0 Å². The third-order valence-electron chi connectivity index (χ3n) is 3.01. The summed E-state index contributed by atoms with van der Waals surface area (Å²) in [7, 11) is 0. The van der Waals surface area contributed by atoms with Crippen molar-refractivity contribution in [2.75, 3.05) is 19.8 Å². The van der Waals surface area contributed by atoms with E-state index in [-0.39, 0.29) is 12.1 Å². The van der Waals surface area contributed by atoms with E-state index in [9.17, 15) is 5.11 Å². The molecule has 0 aliphatic carbocycles. The quantitative estimate of drug-likeness (QED) is 0.758. The predicted molar refractivity (Wildman–Crippen MR) is 58.7 cm³/mol. The van der Waals surface area contributed by atoms with E-state index in [2.05, 4.69) is 15.3 Å².